The Hall–Kier alpha value is -1.79. The SMILES string of the molecule is COc1ccc(F)c(CN2CCc3[nH]c(=S)ncc3C2)c1. The van der Waals surface area contributed by atoms with Crippen LogP contribution in [0, 0.1) is 10.6 Å². The predicted octanol–water partition coefficient (Wildman–Crippen LogP) is 2.85. The third-order valence-corrected chi connectivity index (χ3v) is 3.91. The number of H-pyrrole nitrogens is 1. The van der Waals surface area contributed by atoms with Crippen LogP contribution >= 0.6 is 12.2 Å². The molecule has 6 heteroatoms. The fourth-order valence-electron chi connectivity index (χ4n) is 2.58. The number of aromatic amines is 1. The molecule has 1 aromatic carbocycles. The van der Waals surface area contributed by atoms with Gasteiger partial charge in [0.05, 0.1) is 7.11 Å². The molecule has 0 bridgehead atoms. The van der Waals surface area contributed by atoms with Crippen LogP contribution in [-0.4, -0.2) is 28.5 Å². The largest absolute Gasteiger partial charge is 0.497 e. The van der Waals surface area contributed by atoms with Crippen molar-refractivity contribution in [3.8, 4) is 5.75 Å². The molecule has 2 aromatic rings. The van der Waals surface area contributed by atoms with E-state index in [1.165, 1.54) is 6.07 Å². The molecule has 0 radical (unpaired) electrons. The second-order valence-corrected chi connectivity index (χ2v) is 5.50. The lowest BCUT2D eigenvalue weighted by atomic mass is 10.1. The molecular weight excluding hydrogens is 289 g/mol. The van der Waals surface area contributed by atoms with E-state index < -0.39 is 0 Å². The molecule has 0 unspecified atom stereocenters. The van der Waals surface area contributed by atoms with Crippen molar-refractivity contribution < 1.29 is 9.13 Å². The number of aromatic nitrogens is 2. The van der Waals surface area contributed by atoms with Gasteiger partial charge >= 0.3 is 0 Å². The summed E-state index contributed by atoms with van der Waals surface area (Å²) in [5.41, 5.74) is 2.91. The molecule has 0 saturated carbocycles. The van der Waals surface area contributed by atoms with Gasteiger partial charge in [-0.2, -0.15) is 0 Å². The van der Waals surface area contributed by atoms with Gasteiger partial charge in [-0.3, -0.25) is 4.90 Å². The van der Waals surface area contributed by atoms with E-state index in [4.69, 9.17) is 17.0 Å². The third-order valence-electron chi connectivity index (χ3n) is 3.70. The summed E-state index contributed by atoms with van der Waals surface area (Å²) in [5.74, 6) is 0.474. The van der Waals surface area contributed by atoms with E-state index in [1.54, 1.807) is 19.2 Å². The maximum absolute atomic E-state index is 13.9. The molecule has 0 atom stereocenters. The van der Waals surface area contributed by atoms with Crippen LogP contribution in [0.4, 0.5) is 4.39 Å². The number of hydrogen-bond donors (Lipinski definition) is 1. The van der Waals surface area contributed by atoms with Gasteiger partial charge in [0.1, 0.15) is 11.6 Å². The van der Waals surface area contributed by atoms with Gasteiger partial charge in [0, 0.05) is 49.1 Å². The van der Waals surface area contributed by atoms with Crippen molar-refractivity contribution in [1.82, 2.24) is 14.9 Å². The summed E-state index contributed by atoms with van der Waals surface area (Å²) in [4.78, 5) is 9.44. The van der Waals surface area contributed by atoms with Crippen LogP contribution < -0.4 is 4.74 Å². The molecule has 1 aliphatic heterocycles. The summed E-state index contributed by atoms with van der Waals surface area (Å²) in [6, 6.07) is 4.83. The highest BCUT2D eigenvalue weighted by Gasteiger charge is 2.18. The van der Waals surface area contributed by atoms with Crippen LogP contribution in [0.2, 0.25) is 0 Å². The van der Waals surface area contributed by atoms with Gasteiger partial charge in [-0.15, -0.1) is 0 Å². The minimum absolute atomic E-state index is 0.202. The summed E-state index contributed by atoms with van der Waals surface area (Å²) < 4.78 is 19.6. The zero-order valence-corrected chi connectivity index (χ0v) is 12.5. The Bertz CT molecular complexity index is 716. The average Bonchev–Trinajstić information content (AvgIpc) is 2.49. The minimum Gasteiger partial charge on any atom is -0.497 e. The van der Waals surface area contributed by atoms with Gasteiger partial charge in [0.25, 0.3) is 0 Å². The number of benzene rings is 1. The van der Waals surface area contributed by atoms with Crippen molar-refractivity contribution in [2.45, 2.75) is 19.5 Å². The van der Waals surface area contributed by atoms with Gasteiger partial charge in [0.2, 0.25) is 0 Å². The van der Waals surface area contributed by atoms with Crippen LogP contribution in [0.25, 0.3) is 0 Å². The Morgan fingerprint density at radius 3 is 3.14 bits per heavy atom. The lowest BCUT2D eigenvalue weighted by Crippen LogP contribution is -2.31. The molecule has 1 N–H and O–H groups in total. The molecule has 0 amide bonds. The number of rotatable bonds is 3. The van der Waals surface area contributed by atoms with Crippen LogP contribution in [0.15, 0.2) is 24.4 Å². The van der Waals surface area contributed by atoms with Crippen molar-refractivity contribution in [3.63, 3.8) is 0 Å². The maximum Gasteiger partial charge on any atom is 0.196 e. The summed E-state index contributed by atoms with van der Waals surface area (Å²) in [6.07, 6.45) is 2.68. The van der Waals surface area contributed by atoms with Crippen molar-refractivity contribution in [1.29, 1.82) is 0 Å². The first kappa shape index (κ1) is 14.2. The van der Waals surface area contributed by atoms with E-state index in [-0.39, 0.29) is 5.82 Å². The Morgan fingerprint density at radius 2 is 2.33 bits per heavy atom. The second kappa shape index (κ2) is 5.91. The van der Waals surface area contributed by atoms with E-state index in [1.807, 2.05) is 6.20 Å². The predicted molar refractivity (Wildman–Crippen MR) is 80.2 cm³/mol. The molecular formula is C15H16FN3OS. The monoisotopic (exact) mass is 305 g/mol. The topological polar surface area (TPSA) is 41.1 Å². The molecule has 0 fully saturated rings. The lowest BCUT2D eigenvalue weighted by molar-refractivity contribution is 0.239. The summed E-state index contributed by atoms with van der Waals surface area (Å²) in [5, 5.41) is 0. The third kappa shape index (κ3) is 3.11. The number of ether oxygens (including phenoxy) is 1. The number of nitrogens with one attached hydrogen (secondary N) is 1. The number of hydrogen-bond acceptors (Lipinski definition) is 4. The van der Waals surface area contributed by atoms with Gasteiger partial charge in [-0.1, -0.05) is 0 Å². The number of methoxy groups -OCH3 is 1. The van der Waals surface area contributed by atoms with Crippen molar-refractivity contribution in [2.75, 3.05) is 13.7 Å². The van der Waals surface area contributed by atoms with Crippen LogP contribution in [0.3, 0.4) is 0 Å². The second-order valence-electron chi connectivity index (χ2n) is 5.11. The highest BCUT2D eigenvalue weighted by atomic mass is 32.1. The van der Waals surface area contributed by atoms with E-state index in [2.05, 4.69) is 14.9 Å². The summed E-state index contributed by atoms with van der Waals surface area (Å²) in [7, 11) is 1.59. The highest BCUT2D eigenvalue weighted by molar-refractivity contribution is 7.71. The molecule has 21 heavy (non-hydrogen) atoms. The Kier molecular flexibility index (Phi) is 3.98. The number of nitrogens with zero attached hydrogens (tertiary/aromatic N) is 2. The molecule has 110 valence electrons. The molecule has 0 saturated heterocycles. The van der Waals surface area contributed by atoms with E-state index >= 15 is 0 Å². The number of halogens is 1. The summed E-state index contributed by atoms with van der Waals surface area (Å²) in [6.45, 7) is 2.15. The van der Waals surface area contributed by atoms with Crippen molar-refractivity contribution in [2.24, 2.45) is 0 Å². The first-order valence-corrected chi connectivity index (χ1v) is 7.18. The minimum atomic E-state index is -0.202. The highest BCUT2D eigenvalue weighted by Crippen LogP contribution is 2.22. The smallest absolute Gasteiger partial charge is 0.196 e. The molecule has 0 aliphatic carbocycles. The fraction of sp³-hybridized carbons (Fsp3) is 0.333. The Labute approximate surface area is 127 Å². The number of fused-ring (bicyclic) bond motifs is 1. The van der Waals surface area contributed by atoms with E-state index in [0.717, 1.165) is 30.8 Å². The Morgan fingerprint density at radius 1 is 1.48 bits per heavy atom. The Balaban J connectivity index is 1.78. The van der Waals surface area contributed by atoms with Gasteiger partial charge < -0.3 is 9.72 Å². The quantitative estimate of drug-likeness (QED) is 0.885. The van der Waals surface area contributed by atoms with E-state index in [0.29, 0.717) is 22.6 Å². The lowest BCUT2D eigenvalue weighted by Gasteiger charge is -2.28. The van der Waals surface area contributed by atoms with Crippen LogP contribution in [-0.2, 0) is 19.5 Å². The molecule has 2 heterocycles. The van der Waals surface area contributed by atoms with E-state index in [9.17, 15) is 4.39 Å². The van der Waals surface area contributed by atoms with Gasteiger partial charge in [-0.25, -0.2) is 9.37 Å². The van der Waals surface area contributed by atoms with Crippen LogP contribution in [0.5, 0.6) is 5.75 Å². The molecule has 4 nitrogen and oxygen atoms in total. The van der Waals surface area contributed by atoms with Crippen molar-refractivity contribution in [3.05, 3.63) is 51.8 Å². The fourth-order valence-corrected chi connectivity index (χ4v) is 2.76. The normalized spacial score (nSPS) is 14.8. The average molecular weight is 305 g/mol. The zero-order valence-electron chi connectivity index (χ0n) is 11.7. The molecule has 3 rings (SSSR count). The molecule has 0 spiro atoms. The van der Waals surface area contributed by atoms with Crippen molar-refractivity contribution >= 4 is 12.2 Å². The zero-order chi connectivity index (χ0) is 14.8. The first-order valence-electron chi connectivity index (χ1n) is 6.77. The molecule has 1 aliphatic rings. The van der Waals surface area contributed by atoms with Gasteiger partial charge in [0.15, 0.2) is 4.77 Å². The standard InChI is InChI=1S/C15H16FN3OS/c1-20-12-2-3-13(16)10(6-12)8-19-5-4-14-11(9-19)7-17-15(21)18-14/h2-3,6-7H,4-5,8-9H2,1H3,(H,17,18,21). The molecule has 1 aromatic heterocycles. The van der Waals surface area contributed by atoms with Gasteiger partial charge in [-0.05, 0) is 30.4 Å². The first-order chi connectivity index (χ1) is 10.2. The summed E-state index contributed by atoms with van der Waals surface area (Å²) >= 11 is 5.03. The maximum atomic E-state index is 13.9. The van der Waals surface area contributed by atoms with Crippen LogP contribution in [0.1, 0.15) is 16.8 Å².